The largest absolute Gasteiger partial charge is 0.371 e. The van der Waals surface area contributed by atoms with E-state index in [1.165, 1.54) is 12.8 Å². The SMILES string of the molecule is CCN[C@H](C)CNC(=O)c1cc(C)ccc1N1CCCC1.Cl.Cl. The van der Waals surface area contributed by atoms with Gasteiger partial charge in [-0.15, -0.1) is 24.8 Å². The second-order valence-corrected chi connectivity index (χ2v) is 5.88. The number of rotatable bonds is 6. The third-order valence-electron chi connectivity index (χ3n) is 3.96. The highest BCUT2D eigenvalue weighted by atomic mass is 35.5. The number of nitrogens with zero attached hydrogens (tertiary/aromatic N) is 1. The lowest BCUT2D eigenvalue weighted by Gasteiger charge is -2.22. The van der Waals surface area contributed by atoms with Gasteiger partial charge in [0.05, 0.1) is 5.56 Å². The molecule has 1 amide bonds. The fourth-order valence-electron chi connectivity index (χ4n) is 2.83. The number of aryl methyl sites for hydroxylation is 1. The third-order valence-corrected chi connectivity index (χ3v) is 3.96. The van der Waals surface area contributed by atoms with Gasteiger partial charge in [0, 0.05) is 31.4 Å². The summed E-state index contributed by atoms with van der Waals surface area (Å²) in [5.74, 6) is 0.0327. The van der Waals surface area contributed by atoms with E-state index in [0.717, 1.165) is 36.4 Å². The van der Waals surface area contributed by atoms with E-state index in [2.05, 4.69) is 41.5 Å². The molecule has 1 fully saturated rings. The lowest BCUT2D eigenvalue weighted by Crippen LogP contribution is -2.39. The Bertz CT molecular complexity index is 491. The standard InChI is InChI=1S/C17H27N3O.2ClH/c1-4-18-14(3)12-19-17(21)15-11-13(2)7-8-16(15)20-9-5-6-10-20;;/h7-8,11,14,18H,4-6,9-10,12H2,1-3H3,(H,19,21);2*1H/t14-;;/m1../s1. The molecule has 0 unspecified atom stereocenters. The molecule has 1 atom stereocenters. The molecular formula is C17H29Cl2N3O. The smallest absolute Gasteiger partial charge is 0.253 e. The molecule has 1 saturated heterocycles. The Morgan fingerprint density at radius 3 is 2.52 bits per heavy atom. The van der Waals surface area contributed by atoms with Gasteiger partial charge in [-0.2, -0.15) is 0 Å². The summed E-state index contributed by atoms with van der Waals surface area (Å²) in [6.07, 6.45) is 2.43. The van der Waals surface area contributed by atoms with Crippen molar-refractivity contribution in [3.63, 3.8) is 0 Å². The summed E-state index contributed by atoms with van der Waals surface area (Å²) in [6, 6.07) is 6.47. The first-order valence-corrected chi connectivity index (χ1v) is 7.99. The Morgan fingerprint density at radius 2 is 1.91 bits per heavy atom. The van der Waals surface area contributed by atoms with Gasteiger partial charge in [-0.1, -0.05) is 18.6 Å². The molecule has 2 N–H and O–H groups in total. The van der Waals surface area contributed by atoms with Crippen molar-refractivity contribution in [1.82, 2.24) is 10.6 Å². The number of hydrogen-bond donors (Lipinski definition) is 2. The van der Waals surface area contributed by atoms with Gasteiger partial charge >= 0.3 is 0 Å². The maximum absolute atomic E-state index is 12.5. The molecule has 1 heterocycles. The maximum Gasteiger partial charge on any atom is 0.253 e. The van der Waals surface area contributed by atoms with Crippen molar-refractivity contribution in [3.8, 4) is 0 Å². The number of hydrogen-bond acceptors (Lipinski definition) is 3. The zero-order valence-corrected chi connectivity index (χ0v) is 15.9. The molecule has 1 aromatic rings. The molecule has 0 radical (unpaired) electrons. The quantitative estimate of drug-likeness (QED) is 0.817. The lowest BCUT2D eigenvalue weighted by atomic mass is 10.1. The third kappa shape index (κ3) is 6.21. The van der Waals surface area contributed by atoms with Crippen LogP contribution in [0.5, 0.6) is 0 Å². The van der Waals surface area contributed by atoms with Gasteiger partial charge in [0.15, 0.2) is 0 Å². The van der Waals surface area contributed by atoms with Crippen molar-refractivity contribution in [2.75, 3.05) is 31.1 Å². The van der Waals surface area contributed by atoms with Crippen LogP contribution in [0.3, 0.4) is 0 Å². The van der Waals surface area contributed by atoms with Gasteiger partial charge in [-0.25, -0.2) is 0 Å². The summed E-state index contributed by atoms with van der Waals surface area (Å²) in [6.45, 7) is 9.87. The van der Waals surface area contributed by atoms with E-state index in [4.69, 9.17) is 0 Å². The molecule has 1 aromatic carbocycles. The first-order chi connectivity index (χ1) is 10.1. The van der Waals surface area contributed by atoms with Crippen LogP contribution in [0.25, 0.3) is 0 Å². The van der Waals surface area contributed by atoms with Crippen LogP contribution in [0.1, 0.15) is 42.6 Å². The molecule has 0 spiro atoms. The van der Waals surface area contributed by atoms with E-state index in [9.17, 15) is 4.79 Å². The molecular weight excluding hydrogens is 333 g/mol. The molecule has 4 nitrogen and oxygen atoms in total. The molecule has 132 valence electrons. The minimum atomic E-state index is 0. The summed E-state index contributed by atoms with van der Waals surface area (Å²) < 4.78 is 0. The summed E-state index contributed by atoms with van der Waals surface area (Å²) in [5, 5.41) is 6.35. The minimum Gasteiger partial charge on any atom is -0.371 e. The highest BCUT2D eigenvalue weighted by Gasteiger charge is 2.19. The number of amides is 1. The Labute approximate surface area is 152 Å². The number of nitrogens with one attached hydrogen (secondary N) is 2. The van der Waals surface area contributed by atoms with Crippen LogP contribution in [0, 0.1) is 6.92 Å². The van der Waals surface area contributed by atoms with E-state index in [-0.39, 0.29) is 30.7 Å². The second kappa shape index (κ2) is 10.7. The number of halogens is 2. The second-order valence-electron chi connectivity index (χ2n) is 5.88. The average molecular weight is 362 g/mol. The molecule has 1 aliphatic rings. The van der Waals surface area contributed by atoms with E-state index in [1.807, 2.05) is 13.0 Å². The molecule has 0 bridgehead atoms. The Kier molecular flexibility index (Phi) is 10.3. The summed E-state index contributed by atoms with van der Waals surface area (Å²) in [4.78, 5) is 14.8. The Balaban J connectivity index is 0.00000242. The van der Waals surface area contributed by atoms with Crippen LogP contribution in [-0.2, 0) is 0 Å². The topological polar surface area (TPSA) is 44.4 Å². The van der Waals surface area contributed by atoms with Crippen LogP contribution in [-0.4, -0.2) is 38.1 Å². The fraction of sp³-hybridized carbons (Fsp3) is 0.588. The number of carbonyl (C=O) groups excluding carboxylic acids is 1. The molecule has 23 heavy (non-hydrogen) atoms. The van der Waals surface area contributed by atoms with Crippen molar-refractivity contribution < 1.29 is 4.79 Å². The fourth-order valence-corrected chi connectivity index (χ4v) is 2.83. The van der Waals surface area contributed by atoms with Crippen molar-refractivity contribution in [3.05, 3.63) is 29.3 Å². The van der Waals surface area contributed by atoms with Gasteiger partial charge in [0.1, 0.15) is 0 Å². The zero-order valence-electron chi connectivity index (χ0n) is 14.2. The molecule has 6 heteroatoms. The van der Waals surface area contributed by atoms with Gasteiger partial charge < -0.3 is 15.5 Å². The van der Waals surface area contributed by atoms with Crippen molar-refractivity contribution in [2.24, 2.45) is 0 Å². The summed E-state index contributed by atoms with van der Waals surface area (Å²) >= 11 is 0. The highest BCUT2D eigenvalue weighted by Crippen LogP contribution is 2.25. The predicted octanol–water partition coefficient (Wildman–Crippen LogP) is 3.17. The van der Waals surface area contributed by atoms with E-state index in [0.29, 0.717) is 12.6 Å². The molecule has 1 aliphatic heterocycles. The number of anilines is 1. The van der Waals surface area contributed by atoms with Crippen LogP contribution < -0.4 is 15.5 Å². The first kappa shape index (κ1) is 22.0. The minimum absolute atomic E-state index is 0. The van der Waals surface area contributed by atoms with E-state index >= 15 is 0 Å². The molecule has 2 rings (SSSR count). The average Bonchev–Trinajstić information content (AvgIpc) is 2.99. The number of benzene rings is 1. The van der Waals surface area contributed by atoms with Crippen LogP contribution >= 0.6 is 24.8 Å². The van der Waals surface area contributed by atoms with Crippen LogP contribution in [0.2, 0.25) is 0 Å². The summed E-state index contributed by atoms with van der Waals surface area (Å²) in [7, 11) is 0. The van der Waals surface area contributed by atoms with Gasteiger partial charge in [-0.3, -0.25) is 4.79 Å². The summed E-state index contributed by atoms with van der Waals surface area (Å²) in [5.41, 5.74) is 3.01. The van der Waals surface area contributed by atoms with Gasteiger partial charge in [0.25, 0.3) is 5.91 Å². The van der Waals surface area contributed by atoms with Gasteiger partial charge in [-0.05, 0) is 45.4 Å². The zero-order chi connectivity index (χ0) is 15.2. The van der Waals surface area contributed by atoms with Crippen molar-refractivity contribution in [2.45, 2.75) is 39.7 Å². The maximum atomic E-state index is 12.5. The molecule has 0 aromatic heterocycles. The number of likely N-dealkylation sites (N-methyl/N-ethyl adjacent to an activating group) is 1. The van der Waals surface area contributed by atoms with Crippen LogP contribution in [0.4, 0.5) is 5.69 Å². The lowest BCUT2D eigenvalue weighted by molar-refractivity contribution is 0.0950. The monoisotopic (exact) mass is 361 g/mol. The van der Waals surface area contributed by atoms with Crippen molar-refractivity contribution in [1.29, 1.82) is 0 Å². The Hall–Kier alpha value is -0.970. The number of carbonyl (C=O) groups is 1. The first-order valence-electron chi connectivity index (χ1n) is 7.99. The molecule has 0 saturated carbocycles. The van der Waals surface area contributed by atoms with E-state index in [1.54, 1.807) is 0 Å². The molecule has 0 aliphatic carbocycles. The normalized spacial score (nSPS) is 14.7. The highest BCUT2D eigenvalue weighted by molar-refractivity contribution is 6.00. The van der Waals surface area contributed by atoms with E-state index < -0.39 is 0 Å². The Morgan fingerprint density at radius 1 is 1.26 bits per heavy atom. The van der Waals surface area contributed by atoms with Gasteiger partial charge in [0.2, 0.25) is 0 Å². The van der Waals surface area contributed by atoms with Crippen LogP contribution in [0.15, 0.2) is 18.2 Å². The van der Waals surface area contributed by atoms with Crippen molar-refractivity contribution >= 4 is 36.4 Å². The predicted molar refractivity (Wildman–Crippen MR) is 103 cm³/mol.